The van der Waals surface area contributed by atoms with Crippen LogP contribution in [0.2, 0.25) is 0 Å². The predicted molar refractivity (Wildman–Crippen MR) is 111 cm³/mol. The molecule has 1 aliphatic rings. The van der Waals surface area contributed by atoms with Gasteiger partial charge in [-0.3, -0.25) is 9.59 Å². The van der Waals surface area contributed by atoms with E-state index in [2.05, 4.69) is 6.92 Å². The lowest BCUT2D eigenvalue weighted by Crippen LogP contribution is -2.45. The molecule has 1 amide bonds. The lowest BCUT2D eigenvalue weighted by Gasteiger charge is -2.36. The monoisotopic (exact) mass is 382 g/mol. The summed E-state index contributed by atoms with van der Waals surface area (Å²) in [4.78, 5) is 28.3. The van der Waals surface area contributed by atoms with Gasteiger partial charge in [-0.15, -0.1) is 0 Å². The molecule has 1 aromatic carbocycles. The van der Waals surface area contributed by atoms with Crippen LogP contribution < -0.4 is 5.56 Å². The van der Waals surface area contributed by atoms with Crippen molar-refractivity contribution >= 4 is 5.91 Å². The van der Waals surface area contributed by atoms with Crippen molar-refractivity contribution in [2.75, 3.05) is 13.7 Å². The fourth-order valence-electron chi connectivity index (χ4n) is 3.71. The average Bonchev–Trinajstić information content (AvgIpc) is 2.72. The zero-order valence-electron chi connectivity index (χ0n) is 17.3. The van der Waals surface area contributed by atoms with Crippen LogP contribution in [0.4, 0.5) is 0 Å². The molecule has 0 N–H and O–H groups in total. The minimum Gasteiger partial charge on any atom is -0.376 e. The zero-order valence-corrected chi connectivity index (χ0v) is 17.3. The van der Waals surface area contributed by atoms with Crippen LogP contribution in [0.25, 0.3) is 0 Å². The van der Waals surface area contributed by atoms with Gasteiger partial charge < -0.3 is 14.2 Å². The van der Waals surface area contributed by atoms with Gasteiger partial charge in [-0.1, -0.05) is 43.7 Å². The number of hydrogen-bond donors (Lipinski definition) is 0. The number of aromatic nitrogens is 1. The molecule has 0 unspecified atom stereocenters. The normalized spacial score (nSPS) is 13.9. The Bertz CT molecular complexity index is 900. The molecular weight excluding hydrogens is 352 g/mol. The number of carbonyl (C=O) groups excluding carboxylic acids is 1. The SMILES string of the molecule is CCCCn1c2c(cc(C(=O)N(C)C(C)(C)c3ccccc3)c1=O)COCC2. The van der Waals surface area contributed by atoms with E-state index >= 15 is 0 Å². The first-order chi connectivity index (χ1) is 13.4. The highest BCUT2D eigenvalue weighted by Gasteiger charge is 2.32. The summed E-state index contributed by atoms with van der Waals surface area (Å²) < 4.78 is 7.39. The van der Waals surface area contributed by atoms with Crippen LogP contribution in [0.5, 0.6) is 0 Å². The summed E-state index contributed by atoms with van der Waals surface area (Å²) in [6.07, 6.45) is 2.63. The van der Waals surface area contributed by atoms with Crippen LogP contribution >= 0.6 is 0 Å². The van der Waals surface area contributed by atoms with Crippen molar-refractivity contribution in [2.45, 2.75) is 58.7 Å². The Morgan fingerprint density at radius 2 is 1.96 bits per heavy atom. The first-order valence-corrected chi connectivity index (χ1v) is 10.0. The van der Waals surface area contributed by atoms with Crippen molar-refractivity contribution in [3.8, 4) is 0 Å². The first-order valence-electron chi connectivity index (χ1n) is 10.0. The Morgan fingerprint density at radius 3 is 2.64 bits per heavy atom. The molecule has 0 saturated heterocycles. The van der Waals surface area contributed by atoms with Crippen LogP contribution in [0.1, 0.15) is 60.8 Å². The van der Waals surface area contributed by atoms with Crippen molar-refractivity contribution in [2.24, 2.45) is 0 Å². The van der Waals surface area contributed by atoms with E-state index in [0.29, 0.717) is 26.2 Å². The lowest BCUT2D eigenvalue weighted by molar-refractivity contribution is 0.0617. The highest BCUT2D eigenvalue weighted by Crippen LogP contribution is 2.28. The molecule has 0 atom stereocenters. The summed E-state index contributed by atoms with van der Waals surface area (Å²) in [5.41, 5.74) is 2.51. The van der Waals surface area contributed by atoms with Crippen LogP contribution in [0, 0.1) is 0 Å². The van der Waals surface area contributed by atoms with Gasteiger partial charge in [0, 0.05) is 25.7 Å². The van der Waals surface area contributed by atoms with Gasteiger partial charge in [-0.05, 0) is 37.5 Å². The maximum Gasteiger partial charge on any atom is 0.263 e. The Labute approximate surface area is 166 Å². The summed E-state index contributed by atoms with van der Waals surface area (Å²) >= 11 is 0. The summed E-state index contributed by atoms with van der Waals surface area (Å²) in [7, 11) is 1.76. The van der Waals surface area contributed by atoms with E-state index in [9.17, 15) is 9.59 Å². The molecule has 0 spiro atoms. The van der Waals surface area contributed by atoms with E-state index in [1.807, 2.05) is 44.2 Å². The second-order valence-electron chi connectivity index (χ2n) is 7.93. The maximum absolute atomic E-state index is 13.4. The second kappa shape index (κ2) is 8.31. The van der Waals surface area contributed by atoms with Crippen molar-refractivity contribution in [1.82, 2.24) is 9.47 Å². The van der Waals surface area contributed by atoms with Crippen molar-refractivity contribution in [3.63, 3.8) is 0 Å². The van der Waals surface area contributed by atoms with Gasteiger partial charge in [-0.25, -0.2) is 0 Å². The number of hydrogen-bond acceptors (Lipinski definition) is 3. The molecule has 5 heteroatoms. The maximum atomic E-state index is 13.4. The fourth-order valence-corrected chi connectivity index (χ4v) is 3.71. The highest BCUT2D eigenvalue weighted by atomic mass is 16.5. The fraction of sp³-hybridized carbons (Fsp3) is 0.478. The van der Waals surface area contributed by atoms with Gasteiger partial charge in [0.1, 0.15) is 5.56 Å². The molecule has 2 aromatic rings. The number of benzene rings is 1. The van der Waals surface area contributed by atoms with Crippen molar-refractivity contribution < 1.29 is 9.53 Å². The van der Waals surface area contributed by atoms with E-state index in [0.717, 1.165) is 29.7 Å². The topological polar surface area (TPSA) is 51.5 Å². The predicted octanol–water partition coefficient (Wildman–Crippen LogP) is 3.73. The number of nitrogens with zero attached hydrogens (tertiary/aromatic N) is 2. The molecular formula is C23H30N2O3. The second-order valence-corrected chi connectivity index (χ2v) is 7.93. The average molecular weight is 383 g/mol. The Kier molecular flexibility index (Phi) is 6.04. The summed E-state index contributed by atoms with van der Waals surface area (Å²) in [5, 5.41) is 0. The number of fused-ring (bicyclic) bond motifs is 1. The zero-order chi connectivity index (χ0) is 20.3. The van der Waals surface area contributed by atoms with Crippen LogP contribution in [0.15, 0.2) is 41.2 Å². The minimum absolute atomic E-state index is 0.185. The molecule has 0 bridgehead atoms. The number of unbranched alkanes of at least 4 members (excludes halogenated alkanes) is 1. The molecule has 2 heterocycles. The third kappa shape index (κ3) is 3.76. The van der Waals surface area contributed by atoms with Gasteiger partial charge in [0.25, 0.3) is 11.5 Å². The highest BCUT2D eigenvalue weighted by molar-refractivity contribution is 5.94. The molecule has 1 aliphatic heterocycles. The summed E-state index contributed by atoms with van der Waals surface area (Å²) in [6.45, 7) is 7.81. The van der Waals surface area contributed by atoms with Gasteiger partial charge >= 0.3 is 0 Å². The standard InChI is InChI=1S/C23H30N2O3/c1-5-6-13-25-20-12-14-28-16-17(20)15-19(22(25)27)21(26)24(4)23(2,3)18-10-8-7-9-11-18/h7-11,15H,5-6,12-14,16H2,1-4H3. The Hall–Kier alpha value is -2.40. The van der Waals surface area contributed by atoms with E-state index in [-0.39, 0.29) is 17.0 Å². The molecule has 0 radical (unpaired) electrons. The molecule has 0 fully saturated rings. The number of rotatable bonds is 6. The molecule has 28 heavy (non-hydrogen) atoms. The summed E-state index contributed by atoms with van der Waals surface area (Å²) in [6, 6.07) is 11.6. The van der Waals surface area contributed by atoms with Crippen LogP contribution in [-0.2, 0) is 29.8 Å². The summed E-state index contributed by atoms with van der Waals surface area (Å²) in [5.74, 6) is -0.252. The number of carbonyl (C=O) groups is 1. The van der Waals surface area contributed by atoms with E-state index < -0.39 is 5.54 Å². The first kappa shape index (κ1) is 20.3. The van der Waals surface area contributed by atoms with E-state index in [4.69, 9.17) is 4.74 Å². The quantitative estimate of drug-likeness (QED) is 0.765. The van der Waals surface area contributed by atoms with Crippen molar-refractivity contribution in [3.05, 3.63) is 69.1 Å². The Balaban J connectivity index is 2.02. The van der Waals surface area contributed by atoms with Gasteiger partial charge in [0.15, 0.2) is 0 Å². The minimum atomic E-state index is -0.536. The third-order valence-corrected chi connectivity index (χ3v) is 5.82. The smallest absolute Gasteiger partial charge is 0.263 e. The molecule has 1 aromatic heterocycles. The number of pyridine rings is 1. The van der Waals surface area contributed by atoms with Crippen LogP contribution in [-0.4, -0.2) is 29.0 Å². The largest absolute Gasteiger partial charge is 0.376 e. The molecule has 150 valence electrons. The van der Waals surface area contributed by atoms with E-state index in [1.165, 1.54) is 0 Å². The lowest BCUT2D eigenvalue weighted by atomic mass is 9.92. The third-order valence-electron chi connectivity index (χ3n) is 5.82. The molecule has 0 aliphatic carbocycles. The molecule has 5 nitrogen and oxygen atoms in total. The Morgan fingerprint density at radius 1 is 1.25 bits per heavy atom. The van der Waals surface area contributed by atoms with Gasteiger partial charge in [-0.2, -0.15) is 0 Å². The van der Waals surface area contributed by atoms with Gasteiger partial charge in [0.05, 0.1) is 18.8 Å². The molecule has 3 rings (SSSR count). The van der Waals surface area contributed by atoms with E-state index in [1.54, 1.807) is 22.6 Å². The van der Waals surface area contributed by atoms with Crippen LogP contribution in [0.3, 0.4) is 0 Å². The number of amides is 1. The number of ether oxygens (including phenoxy) is 1. The van der Waals surface area contributed by atoms with Gasteiger partial charge in [0.2, 0.25) is 0 Å². The van der Waals surface area contributed by atoms with Crippen molar-refractivity contribution in [1.29, 1.82) is 0 Å². The molecule has 0 saturated carbocycles.